The number of hydrogen-bond acceptors (Lipinski definition) is 4. The van der Waals surface area contributed by atoms with Crippen LogP contribution in [0.5, 0.6) is 0 Å². The molecule has 4 aromatic rings. The maximum atomic E-state index is 13.7. The summed E-state index contributed by atoms with van der Waals surface area (Å²) in [5.41, 5.74) is 5.08. The van der Waals surface area contributed by atoms with Gasteiger partial charge in [-0.15, -0.1) is 0 Å². The second kappa shape index (κ2) is 8.48. The van der Waals surface area contributed by atoms with E-state index in [9.17, 15) is 13.2 Å². The fourth-order valence-corrected chi connectivity index (χ4v) is 4.29. The molecular weight excluding hydrogens is 441 g/mol. The summed E-state index contributed by atoms with van der Waals surface area (Å²) < 4.78 is 41.1. The summed E-state index contributed by atoms with van der Waals surface area (Å²) in [7, 11) is 0. The summed E-state index contributed by atoms with van der Waals surface area (Å²) in [6.45, 7) is 6.15. The maximum absolute atomic E-state index is 13.7. The van der Waals surface area contributed by atoms with Gasteiger partial charge < -0.3 is 9.88 Å². The SMILES string of the molecule is C=C/C=C(\c1nc(-c2n[nH]c3ccc(-c4cncc(F)c4)cc23)[nH]c1C)N1CCC(F)(F)CC1. The van der Waals surface area contributed by atoms with Gasteiger partial charge in [-0.25, -0.2) is 18.2 Å². The minimum Gasteiger partial charge on any atom is -0.369 e. The zero-order chi connectivity index (χ0) is 23.9. The fourth-order valence-electron chi connectivity index (χ4n) is 4.29. The van der Waals surface area contributed by atoms with Gasteiger partial charge in [0.15, 0.2) is 5.82 Å². The van der Waals surface area contributed by atoms with Crippen molar-refractivity contribution in [3.05, 3.63) is 72.6 Å². The Bertz CT molecular complexity index is 1390. The number of benzene rings is 1. The van der Waals surface area contributed by atoms with Gasteiger partial charge in [-0.3, -0.25) is 10.1 Å². The standard InChI is InChI=1S/C25H23F3N6/c1-3-4-21(34-9-7-25(27,28)8-10-34)22-15(2)30-24(31-22)23-19-12-16(5-6-20(19)32-33-23)17-11-18(26)14-29-13-17/h3-6,11-14H,1,7-10H2,2H3,(H,30,31)(H,32,33)/b21-4+. The van der Waals surface area contributed by atoms with Gasteiger partial charge in [0.2, 0.25) is 0 Å². The van der Waals surface area contributed by atoms with E-state index in [-0.39, 0.29) is 25.9 Å². The molecule has 0 amide bonds. The summed E-state index contributed by atoms with van der Waals surface area (Å²) in [4.78, 5) is 13.9. The number of nitrogens with zero attached hydrogens (tertiary/aromatic N) is 4. The quantitative estimate of drug-likeness (QED) is 0.371. The molecule has 0 atom stereocenters. The third kappa shape index (κ3) is 4.09. The van der Waals surface area contributed by atoms with Crippen molar-refractivity contribution in [2.45, 2.75) is 25.7 Å². The molecule has 9 heteroatoms. The van der Waals surface area contributed by atoms with Crippen LogP contribution in [0, 0.1) is 12.7 Å². The summed E-state index contributed by atoms with van der Waals surface area (Å²) in [5, 5.41) is 8.27. The predicted molar refractivity (Wildman–Crippen MR) is 126 cm³/mol. The number of alkyl halides is 2. The predicted octanol–water partition coefficient (Wildman–Crippen LogP) is 5.72. The van der Waals surface area contributed by atoms with Crippen LogP contribution < -0.4 is 0 Å². The number of H-pyrrole nitrogens is 2. The Hall–Kier alpha value is -3.88. The number of aryl methyl sites for hydroxylation is 1. The van der Waals surface area contributed by atoms with Gasteiger partial charge in [0.25, 0.3) is 5.92 Å². The molecule has 1 aliphatic rings. The topological polar surface area (TPSA) is 73.5 Å². The normalized spacial score (nSPS) is 16.2. The van der Waals surface area contributed by atoms with Gasteiger partial charge in [0, 0.05) is 48.8 Å². The van der Waals surface area contributed by atoms with Crippen LogP contribution in [0.2, 0.25) is 0 Å². The van der Waals surface area contributed by atoms with Crippen molar-refractivity contribution >= 4 is 16.6 Å². The Labute approximate surface area is 194 Å². The van der Waals surface area contributed by atoms with E-state index in [1.807, 2.05) is 30.0 Å². The molecule has 0 unspecified atom stereocenters. The lowest BCUT2D eigenvalue weighted by molar-refractivity contribution is -0.0450. The average molecular weight is 464 g/mol. The lowest BCUT2D eigenvalue weighted by Gasteiger charge is -2.34. The molecule has 0 aliphatic carbocycles. The Balaban J connectivity index is 1.53. The van der Waals surface area contributed by atoms with Crippen LogP contribution in [0.15, 0.2) is 55.4 Å². The summed E-state index contributed by atoms with van der Waals surface area (Å²) >= 11 is 0. The zero-order valence-corrected chi connectivity index (χ0v) is 18.6. The van der Waals surface area contributed by atoms with E-state index in [1.54, 1.807) is 18.3 Å². The van der Waals surface area contributed by atoms with E-state index in [0.717, 1.165) is 34.1 Å². The molecule has 1 saturated heterocycles. The van der Waals surface area contributed by atoms with Crippen molar-refractivity contribution in [2.75, 3.05) is 13.1 Å². The highest BCUT2D eigenvalue weighted by molar-refractivity contribution is 5.94. The third-order valence-electron chi connectivity index (χ3n) is 6.06. The summed E-state index contributed by atoms with van der Waals surface area (Å²) in [6, 6.07) is 7.09. The molecule has 3 aromatic heterocycles. The Morgan fingerprint density at radius 1 is 1.15 bits per heavy atom. The van der Waals surface area contributed by atoms with Crippen molar-refractivity contribution in [2.24, 2.45) is 0 Å². The number of allylic oxidation sites excluding steroid dienone is 2. The molecule has 0 bridgehead atoms. The Morgan fingerprint density at radius 3 is 2.68 bits per heavy atom. The van der Waals surface area contributed by atoms with Crippen molar-refractivity contribution in [1.29, 1.82) is 0 Å². The highest BCUT2D eigenvalue weighted by atomic mass is 19.3. The number of hydrogen-bond donors (Lipinski definition) is 2. The number of halogens is 3. The third-order valence-corrected chi connectivity index (χ3v) is 6.06. The minimum atomic E-state index is -2.63. The van der Waals surface area contributed by atoms with E-state index in [0.29, 0.717) is 22.8 Å². The van der Waals surface area contributed by atoms with Crippen molar-refractivity contribution in [3.8, 4) is 22.6 Å². The molecule has 2 N–H and O–H groups in total. The first-order valence-corrected chi connectivity index (χ1v) is 11.0. The van der Waals surface area contributed by atoms with Crippen molar-refractivity contribution in [1.82, 2.24) is 30.0 Å². The van der Waals surface area contributed by atoms with E-state index in [2.05, 4.69) is 26.7 Å². The van der Waals surface area contributed by atoms with Gasteiger partial charge in [0.05, 0.1) is 17.4 Å². The van der Waals surface area contributed by atoms with Crippen LogP contribution in [0.25, 0.3) is 39.2 Å². The van der Waals surface area contributed by atoms with Crippen LogP contribution >= 0.6 is 0 Å². The lowest BCUT2D eigenvalue weighted by Crippen LogP contribution is -2.38. The molecule has 1 fully saturated rings. The minimum absolute atomic E-state index is 0.195. The number of rotatable bonds is 5. The van der Waals surface area contributed by atoms with Gasteiger partial charge >= 0.3 is 0 Å². The number of pyridine rings is 1. The molecule has 5 rings (SSSR count). The van der Waals surface area contributed by atoms with Gasteiger partial charge in [-0.2, -0.15) is 5.10 Å². The number of aromatic amines is 2. The molecule has 4 heterocycles. The van der Waals surface area contributed by atoms with Gasteiger partial charge in [0.1, 0.15) is 17.2 Å². The van der Waals surface area contributed by atoms with Crippen molar-refractivity contribution < 1.29 is 13.2 Å². The molecular formula is C25H23F3N6. The number of fused-ring (bicyclic) bond motifs is 1. The van der Waals surface area contributed by atoms with Crippen molar-refractivity contribution in [3.63, 3.8) is 0 Å². The average Bonchev–Trinajstić information content (AvgIpc) is 3.40. The number of likely N-dealkylation sites (tertiary alicyclic amines) is 1. The summed E-state index contributed by atoms with van der Waals surface area (Å²) in [6.07, 6.45) is 5.82. The number of nitrogens with one attached hydrogen (secondary N) is 2. The maximum Gasteiger partial charge on any atom is 0.251 e. The molecule has 1 aromatic carbocycles. The van der Waals surface area contributed by atoms with Gasteiger partial charge in [-0.05, 0) is 36.8 Å². The monoisotopic (exact) mass is 464 g/mol. The molecule has 6 nitrogen and oxygen atoms in total. The number of imidazole rings is 1. The zero-order valence-electron chi connectivity index (χ0n) is 18.6. The Kier molecular flexibility index (Phi) is 5.47. The van der Waals surface area contributed by atoms with Crippen LogP contribution in [0.1, 0.15) is 24.2 Å². The largest absolute Gasteiger partial charge is 0.369 e. The molecule has 0 saturated carbocycles. The van der Waals surface area contributed by atoms with E-state index in [1.165, 1.54) is 6.07 Å². The first-order chi connectivity index (χ1) is 16.3. The van der Waals surface area contributed by atoms with Crippen LogP contribution in [-0.2, 0) is 0 Å². The smallest absolute Gasteiger partial charge is 0.251 e. The summed E-state index contributed by atoms with van der Waals surface area (Å²) in [5.74, 6) is -2.50. The highest BCUT2D eigenvalue weighted by Crippen LogP contribution is 2.34. The van der Waals surface area contributed by atoms with Gasteiger partial charge in [-0.1, -0.05) is 18.7 Å². The number of piperidine rings is 1. The van der Waals surface area contributed by atoms with Crippen LogP contribution in [0.4, 0.5) is 13.2 Å². The second-order valence-electron chi connectivity index (χ2n) is 8.41. The second-order valence-corrected chi connectivity index (χ2v) is 8.41. The lowest BCUT2D eigenvalue weighted by atomic mass is 10.0. The molecule has 174 valence electrons. The molecule has 1 aliphatic heterocycles. The van der Waals surface area contributed by atoms with Crippen LogP contribution in [-0.4, -0.2) is 49.1 Å². The van der Waals surface area contributed by atoms with Crippen LogP contribution in [0.3, 0.4) is 0 Å². The number of aromatic nitrogens is 5. The molecule has 0 radical (unpaired) electrons. The highest BCUT2D eigenvalue weighted by Gasteiger charge is 2.35. The first-order valence-electron chi connectivity index (χ1n) is 11.0. The van der Waals surface area contributed by atoms with E-state index in [4.69, 9.17) is 4.98 Å². The first kappa shape index (κ1) is 21.9. The molecule has 34 heavy (non-hydrogen) atoms. The van der Waals surface area contributed by atoms with E-state index >= 15 is 0 Å². The van der Waals surface area contributed by atoms with E-state index < -0.39 is 11.7 Å². The Morgan fingerprint density at radius 2 is 1.94 bits per heavy atom. The fraction of sp³-hybridized carbons (Fsp3) is 0.240. The molecule has 0 spiro atoms.